The Balaban J connectivity index is 2.06. The third-order valence-electron chi connectivity index (χ3n) is 4.71. The van der Waals surface area contributed by atoms with Gasteiger partial charge in [-0.15, -0.1) is 0 Å². The fourth-order valence-electron chi connectivity index (χ4n) is 4.11. The van der Waals surface area contributed by atoms with Gasteiger partial charge in [-0.3, -0.25) is 0 Å². The second-order valence-electron chi connectivity index (χ2n) is 7.16. The number of hydrogen-bond acceptors (Lipinski definition) is 0. The molecule has 0 nitrogen and oxygen atoms in total. The average Bonchev–Trinajstić information content (AvgIpc) is 2.30. The average molecular weight is 345 g/mol. The van der Waals surface area contributed by atoms with E-state index in [4.69, 9.17) is 0 Å². The zero-order valence-electron chi connectivity index (χ0n) is 12.2. The first-order chi connectivity index (χ1) is 8.09. The first kappa shape index (κ1) is 14.2. The zero-order valence-corrected chi connectivity index (χ0v) is 14.7. The zero-order chi connectivity index (χ0) is 12.3. The second-order valence-corrected chi connectivity index (χ2v) is 17.5. The Labute approximate surface area is 116 Å². The molecule has 0 spiro atoms. The predicted molar refractivity (Wildman–Crippen MR) is 79.1 cm³/mol. The summed E-state index contributed by atoms with van der Waals surface area (Å²) in [6, 6.07) is 0. The Morgan fingerprint density at radius 2 is 1.00 bits per heavy atom. The molecule has 0 radical (unpaired) electrons. The van der Waals surface area contributed by atoms with Crippen LogP contribution >= 0.6 is 0 Å². The van der Waals surface area contributed by atoms with E-state index in [0.717, 1.165) is 0 Å². The molecule has 2 rings (SSSR count). The molecule has 0 aliphatic heterocycles. The summed E-state index contributed by atoms with van der Waals surface area (Å²) in [5, 5.41) is 0. The van der Waals surface area contributed by atoms with Crippen molar-refractivity contribution in [3.05, 3.63) is 0 Å². The molecule has 0 saturated heterocycles. The molecule has 0 aromatic carbocycles. The standard InChI is InChI=1S/2C6H11.C4H9.Sb/c2*1-2-4-6-5-3-1;1-4(2)3;/h2*1H,2-6H2;1-3H3;. The second kappa shape index (κ2) is 6.31. The van der Waals surface area contributed by atoms with Crippen LogP contribution < -0.4 is 0 Å². The van der Waals surface area contributed by atoms with E-state index in [2.05, 4.69) is 20.8 Å². The summed E-state index contributed by atoms with van der Waals surface area (Å²) in [5.74, 6) is 0. The van der Waals surface area contributed by atoms with Gasteiger partial charge in [-0.05, 0) is 0 Å². The number of rotatable bonds is 2. The van der Waals surface area contributed by atoms with E-state index >= 15 is 0 Å². The molecule has 0 bridgehead atoms. The first-order valence-corrected chi connectivity index (χ1v) is 12.1. The molecule has 0 N–H and O–H groups in total. The van der Waals surface area contributed by atoms with Crippen molar-refractivity contribution in [3.63, 3.8) is 0 Å². The van der Waals surface area contributed by atoms with Gasteiger partial charge in [0.25, 0.3) is 0 Å². The van der Waals surface area contributed by atoms with Crippen LogP contribution in [0.2, 0.25) is 11.1 Å². The molecule has 1 heteroatoms. The molecule has 17 heavy (non-hydrogen) atoms. The molecule has 0 atom stereocenters. The van der Waals surface area contributed by atoms with Crippen molar-refractivity contribution in [2.75, 3.05) is 0 Å². The Hall–Kier alpha value is 0.818. The summed E-state index contributed by atoms with van der Waals surface area (Å²) in [4.78, 5) is 0. The maximum atomic E-state index is 2.58. The molecule has 2 saturated carbocycles. The summed E-state index contributed by atoms with van der Waals surface area (Å²) >= 11 is -1.09. The van der Waals surface area contributed by atoms with Gasteiger partial charge >= 0.3 is 116 Å². The van der Waals surface area contributed by atoms with E-state index in [1.807, 2.05) is 0 Å². The van der Waals surface area contributed by atoms with E-state index < -0.39 is 20.2 Å². The van der Waals surface area contributed by atoms with E-state index in [-0.39, 0.29) is 0 Å². The van der Waals surface area contributed by atoms with Crippen molar-refractivity contribution in [3.8, 4) is 0 Å². The molecule has 2 aliphatic carbocycles. The summed E-state index contributed by atoms with van der Waals surface area (Å²) < 4.78 is 3.18. The number of hydrogen-bond donors (Lipinski definition) is 0. The van der Waals surface area contributed by atoms with E-state index in [9.17, 15) is 0 Å². The third kappa shape index (κ3) is 3.89. The van der Waals surface area contributed by atoms with Crippen LogP contribution in [0.5, 0.6) is 0 Å². The van der Waals surface area contributed by atoms with Crippen molar-refractivity contribution in [2.24, 2.45) is 0 Å². The van der Waals surface area contributed by atoms with Gasteiger partial charge in [0.15, 0.2) is 0 Å². The van der Waals surface area contributed by atoms with Crippen LogP contribution in [-0.4, -0.2) is 20.2 Å². The van der Waals surface area contributed by atoms with Gasteiger partial charge in [-0.2, -0.15) is 0 Å². The van der Waals surface area contributed by atoms with Crippen molar-refractivity contribution in [2.45, 2.75) is 96.1 Å². The normalized spacial score (nSPS) is 25.4. The fraction of sp³-hybridized carbons (Fsp3) is 1.00. The van der Waals surface area contributed by atoms with Crippen molar-refractivity contribution in [1.82, 2.24) is 0 Å². The van der Waals surface area contributed by atoms with Crippen LogP contribution in [0.1, 0.15) is 85.0 Å². The van der Waals surface area contributed by atoms with Crippen LogP contribution in [0.25, 0.3) is 0 Å². The van der Waals surface area contributed by atoms with Crippen molar-refractivity contribution >= 4 is 20.2 Å². The minimum atomic E-state index is -1.09. The Morgan fingerprint density at radius 1 is 0.647 bits per heavy atom. The molecule has 2 aliphatic rings. The SMILES string of the molecule is C[C](C)(C)[Sb]([CH]1CCCCC1)[CH]1CCCCC1. The van der Waals surface area contributed by atoms with Gasteiger partial charge in [-0.1, -0.05) is 0 Å². The van der Waals surface area contributed by atoms with E-state index in [1.54, 1.807) is 51.4 Å². The Morgan fingerprint density at radius 3 is 1.29 bits per heavy atom. The van der Waals surface area contributed by atoms with Crippen LogP contribution in [-0.2, 0) is 0 Å². The molecule has 100 valence electrons. The minimum absolute atomic E-state index is 0.715. The molecule has 0 aromatic rings. The Kier molecular flexibility index (Phi) is 5.29. The molecule has 0 unspecified atom stereocenters. The van der Waals surface area contributed by atoms with Crippen LogP contribution in [0.15, 0.2) is 0 Å². The van der Waals surface area contributed by atoms with Gasteiger partial charge in [0, 0.05) is 0 Å². The van der Waals surface area contributed by atoms with E-state index in [1.165, 1.54) is 20.6 Å². The summed E-state index contributed by atoms with van der Waals surface area (Å²) in [7, 11) is 0. The molecule has 0 aromatic heterocycles. The summed E-state index contributed by atoms with van der Waals surface area (Å²) in [5.41, 5.74) is 0. The molecular formula is C16H31Sb. The van der Waals surface area contributed by atoms with Crippen LogP contribution in [0.3, 0.4) is 0 Å². The van der Waals surface area contributed by atoms with Gasteiger partial charge in [0.05, 0.1) is 0 Å². The summed E-state index contributed by atoms with van der Waals surface area (Å²) in [6.07, 6.45) is 15.7. The molecular weight excluding hydrogens is 314 g/mol. The fourth-order valence-corrected chi connectivity index (χ4v) is 17.3. The van der Waals surface area contributed by atoms with Gasteiger partial charge < -0.3 is 0 Å². The van der Waals surface area contributed by atoms with Gasteiger partial charge in [0.2, 0.25) is 0 Å². The predicted octanol–water partition coefficient (Wildman–Crippen LogP) is 5.95. The monoisotopic (exact) mass is 344 g/mol. The molecule has 2 fully saturated rings. The van der Waals surface area contributed by atoms with Gasteiger partial charge in [-0.25, -0.2) is 0 Å². The quantitative estimate of drug-likeness (QED) is 0.543. The van der Waals surface area contributed by atoms with Crippen LogP contribution in [0, 0.1) is 0 Å². The first-order valence-electron chi connectivity index (χ1n) is 7.87. The van der Waals surface area contributed by atoms with Crippen molar-refractivity contribution in [1.29, 1.82) is 0 Å². The maximum absolute atomic E-state index is 2.58. The van der Waals surface area contributed by atoms with Crippen LogP contribution in [0.4, 0.5) is 0 Å². The molecule has 0 amide bonds. The van der Waals surface area contributed by atoms with Crippen molar-refractivity contribution < 1.29 is 0 Å². The van der Waals surface area contributed by atoms with Gasteiger partial charge in [0.1, 0.15) is 0 Å². The topological polar surface area (TPSA) is 0 Å². The van der Waals surface area contributed by atoms with E-state index in [0.29, 0.717) is 3.36 Å². The summed E-state index contributed by atoms with van der Waals surface area (Å²) in [6.45, 7) is 7.75. The molecule has 0 heterocycles. The third-order valence-corrected chi connectivity index (χ3v) is 16.6. The Bertz CT molecular complexity index is 198.